The van der Waals surface area contributed by atoms with Crippen LogP contribution >= 0.6 is 0 Å². The molecule has 0 aliphatic carbocycles. The van der Waals surface area contributed by atoms with Gasteiger partial charge in [-0.2, -0.15) is 12.7 Å². The van der Waals surface area contributed by atoms with Crippen molar-refractivity contribution < 1.29 is 22.3 Å². The Balaban J connectivity index is 2.02. The lowest BCUT2D eigenvalue weighted by molar-refractivity contribution is -0.119. The minimum absolute atomic E-state index is 0.209. The van der Waals surface area contributed by atoms with Crippen LogP contribution in [-0.2, 0) is 21.4 Å². The van der Waals surface area contributed by atoms with E-state index in [1.54, 1.807) is 7.11 Å². The summed E-state index contributed by atoms with van der Waals surface area (Å²) >= 11 is 0. The van der Waals surface area contributed by atoms with Crippen LogP contribution in [0.25, 0.3) is 0 Å². The van der Waals surface area contributed by atoms with Gasteiger partial charge in [-0.25, -0.2) is 8.70 Å². The average molecular weight is 409 g/mol. The molecule has 28 heavy (non-hydrogen) atoms. The first-order chi connectivity index (χ1) is 13.2. The van der Waals surface area contributed by atoms with Crippen LogP contribution in [0.2, 0.25) is 0 Å². The number of rotatable bonds is 9. The SMILES string of the molecule is COc1ccc(CCNC(=O)CN(c2ccc(F)cc2)S(=O)(=O)N(C)C)cc1. The predicted molar refractivity (Wildman–Crippen MR) is 106 cm³/mol. The lowest BCUT2D eigenvalue weighted by Gasteiger charge is -2.26. The Morgan fingerprint density at radius 2 is 1.68 bits per heavy atom. The Labute approximate surface area is 164 Å². The molecule has 0 saturated carbocycles. The van der Waals surface area contributed by atoms with Crippen LogP contribution in [-0.4, -0.2) is 52.9 Å². The van der Waals surface area contributed by atoms with Crippen LogP contribution in [0.3, 0.4) is 0 Å². The number of halogens is 1. The van der Waals surface area contributed by atoms with Gasteiger partial charge in [0, 0.05) is 20.6 Å². The highest BCUT2D eigenvalue weighted by molar-refractivity contribution is 7.90. The van der Waals surface area contributed by atoms with Crippen molar-refractivity contribution in [3.63, 3.8) is 0 Å². The second-order valence-electron chi connectivity index (χ2n) is 6.22. The van der Waals surface area contributed by atoms with Crippen LogP contribution in [0.1, 0.15) is 5.56 Å². The highest BCUT2D eigenvalue weighted by Gasteiger charge is 2.27. The summed E-state index contributed by atoms with van der Waals surface area (Å²) < 4.78 is 45.4. The summed E-state index contributed by atoms with van der Waals surface area (Å²) in [5.74, 6) is -0.199. The Kier molecular flexibility index (Phi) is 7.36. The molecule has 7 nitrogen and oxygen atoms in total. The third-order valence-electron chi connectivity index (χ3n) is 4.04. The highest BCUT2D eigenvalue weighted by atomic mass is 32.2. The first kappa shape index (κ1) is 21.6. The molecule has 1 N–H and O–H groups in total. The van der Waals surface area contributed by atoms with Crippen LogP contribution < -0.4 is 14.4 Å². The summed E-state index contributed by atoms with van der Waals surface area (Å²) in [6, 6.07) is 12.4. The molecule has 0 fully saturated rings. The number of benzene rings is 2. The van der Waals surface area contributed by atoms with Gasteiger partial charge in [0.05, 0.1) is 12.8 Å². The topological polar surface area (TPSA) is 79.0 Å². The van der Waals surface area contributed by atoms with Crippen molar-refractivity contribution in [3.05, 3.63) is 59.9 Å². The van der Waals surface area contributed by atoms with Gasteiger partial charge >= 0.3 is 10.2 Å². The molecule has 0 spiro atoms. The lowest BCUT2D eigenvalue weighted by atomic mass is 10.1. The molecule has 0 aliphatic heterocycles. The summed E-state index contributed by atoms with van der Waals surface area (Å²) in [5, 5.41) is 2.71. The zero-order valence-corrected chi connectivity index (χ0v) is 16.9. The van der Waals surface area contributed by atoms with Gasteiger partial charge in [-0.15, -0.1) is 0 Å². The van der Waals surface area contributed by atoms with Gasteiger partial charge in [0.25, 0.3) is 0 Å². The maximum Gasteiger partial charge on any atom is 0.304 e. The monoisotopic (exact) mass is 409 g/mol. The molecule has 0 unspecified atom stereocenters. The van der Waals surface area contributed by atoms with E-state index in [1.165, 1.54) is 26.2 Å². The Hall–Kier alpha value is -2.65. The number of anilines is 1. The number of methoxy groups -OCH3 is 1. The number of hydrogen-bond donors (Lipinski definition) is 1. The molecular weight excluding hydrogens is 385 g/mol. The average Bonchev–Trinajstić information content (AvgIpc) is 2.67. The lowest BCUT2D eigenvalue weighted by Crippen LogP contribution is -2.46. The molecule has 0 atom stereocenters. The summed E-state index contributed by atoms with van der Waals surface area (Å²) in [4.78, 5) is 12.3. The van der Waals surface area contributed by atoms with Gasteiger partial charge in [-0.1, -0.05) is 12.1 Å². The van der Waals surface area contributed by atoms with Gasteiger partial charge in [-0.05, 0) is 48.4 Å². The number of amides is 1. The molecule has 1 amide bonds. The maximum atomic E-state index is 13.2. The van der Waals surface area contributed by atoms with Crippen LogP contribution in [0.15, 0.2) is 48.5 Å². The number of carbonyl (C=O) groups is 1. The van der Waals surface area contributed by atoms with Crippen molar-refractivity contribution in [2.45, 2.75) is 6.42 Å². The van der Waals surface area contributed by atoms with Gasteiger partial charge in [-0.3, -0.25) is 4.79 Å². The van der Waals surface area contributed by atoms with E-state index in [0.717, 1.165) is 32.1 Å². The van der Waals surface area contributed by atoms with Crippen molar-refractivity contribution in [2.75, 3.05) is 38.6 Å². The van der Waals surface area contributed by atoms with Crippen molar-refractivity contribution in [3.8, 4) is 5.75 Å². The third-order valence-corrected chi connectivity index (χ3v) is 5.86. The zero-order valence-electron chi connectivity index (χ0n) is 16.1. The van der Waals surface area contributed by atoms with Crippen molar-refractivity contribution in [2.24, 2.45) is 0 Å². The summed E-state index contributed by atoms with van der Waals surface area (Å²) in [6.45, 7) is -0.0564. The van der Waals surface area contributed by atoms with E-state index in [9.17, 15) is 17.6 Å². The van der Waals surface area contributed by atoms with Crippen LogP contribution in [0, 0.1) is 5.82 Å². The Morgan fingerprint density at radius 1 is 1.07 bits per heavy atom. The number of nitrogens with zero attached hydrogens (tertiary/aromatic N) is 2. The molecule has 9 heteroatoms. The van der Waals surface area contributed by atoms with Crippen LogP contribution in [0.5, 0.6) is 5.75 Å². The molecule has 0 aliphatic rings. The molecule has 0 radical (unpaired) electrons. The van der Waals surface area contributed by atoms with Crippen molar-refractivity contribution in [1.29, 1.82) is 0 Å². The molecule has 2 aromatic rings. The quantitative estimate of drug-likeness (QED) is 0.685. The minimum atomic E-state index is -3.92. The first-order valence-electron chi connectivity index (χ1n) is 8.59. The van der Waals surface area contributed by atoms with E-state index in [1.807, 2.05) is 24.3 Å². The van der Waals surface area contributed by atoms with Crippen molar-refractivity contribution in [1.82, 2.24) is 9.62 Å². The fourth-order valence-corrected chi connectivity index (χ4v) is 3.50. The fourth-order valence-electron chi connectivity index (χ4n) is 2.44. The zero-order chi connectivity index (χ0) is 20.7. The standard InChI is InChI=1S/C19H24FN3O4S/c1-22(2)28(25,26)23(17-8-6-16(20)7-9-17)14-19(24)21-13-12-15-4-10-18(27-3)11-5-15/h4-11H,12-14H2,1-3H3,(H,21,24). The molecule has 152 valence electrons. The fraction of sp³-hybridized carbons (Fsp3) is 0.316. The summed E-state index contributed by atoms with van der Waals surface area (Å²) in [6.07, 6.45) is 0.590. The van der Waals surface area contributed by atoms with E-state index in [0.29, 0.717) is 13.0 Å². The molecule has 2 rings (SSSR count). The van der Waals surface area contributed by atoms with E-state index >= 15 is 0 Å². The number of hydrogen-bond acceptors (Lipinski definition) is 4. The van der Waals surface area contributed by atoms with Gasteiger partial charge in [0.1, 0.15) is 18.1 Å². The van der Waals surface area contributed by atoms with Crippen molar-refractivity contribution >= 4 is 21.8 Å². The molecule has 0 aromatic heterocycles. The molecule has 0 saturated heterocycles. The first-order valence-corrected chi connectivity index (χ1v) is 9.99. The third kappa shape index (κ3) is 5.67. The highest BCUT2D eigenvalue weighted by Crippen LogP contribution is 2.19. The molecule has 0 bridgehead atoms. The minimum Gasteiger partial charge on any atom is -0.497 e. The second-order valence-corrected chi connectivity index (χ2v) is 8.29. The normalized spacial score (nSPS) is 11.3. The van der Waals surface area contributed by atoms with Gasteiger partial charge in [0.15, 0.2) is 0 Å². The van der Waals surface area contributed by atoms with Crippen LogP contribution in [0.4, 0.5) is 10.1 Å². The smallest absolute Gasteiger partial charge is 0.304 e. The summed E-state index contributed by atoms with van der Waals surface area (Å²) in [7, 11) is 0.409. The number of carbonyl (C=O) groups excluding carboxylic acids is 1. The Bertz CT molecular complexity index is 884. The van der Waals surface area contributed by atoms with E-state index in [-0.39, 0.29) is 5.69 Å². The largest absolute Gasteiger partial charge is 0.497 e. The summed E-state index contributed by atoms with van der Waals surface area (Å²) in [5.41, 5.74) is 1.22. The van der Waals surface area contributed by atoms with Gasteiger partial charge in [0.2, 0.25) is 5.91 Å². The van der Waals surface area contributed by atoms with Gasteiger partial charge < -0.3 is 10.1 Å². The predicted octanol–water partition coefficient (Wildman–Crippen LogP) is 1.81. The molecular formula is C19H24FN3O4S. The van der Waals surface area contributed by atoms with E-state index in [4.69, 9.17) is 4.74 Å². The second kappa shape index (κ2) is 9.52. The van der Waals surface area contributed by atoms with E-state index < -0.39 is 28.5 Å². The Morgan fingerprint density at radius 3 is 2.21 bits per heavy atom. The molecule has 0 heterocycles. The number of ether oxygens (including phenoxy) is 1. The number of nitrogens with one attached hydrogen (secondary N) is 1. The maximum absolute atomic E-state index is 13.2. The van der Waals surface area contributed by atoms with E-state index in [2.05, 4.69) is 5.32 Å². The molecule has 2 aromatic carbocycles.